The summed E-state index contributed by atoms with van der Waals surface area (Å²) in [5.74, 6) is -2.68. The normalized spacial score (nSPS) is 10.4. The first-order valence-corrected chi connectivity index (χ1v) is 5.98. The van der Waals surface area contributed by atoms with Crippen LogP contribution in [0.2, 0.25) is 0 Å². The first-order valence-electron chi connectivity index (χ1n) is 5.98. The third-order valence-electron chi connectivity index (χ3n) is 2.37. The van der Waals surface area contributed by atoms with Crippen LogP contribution in [-0.2, 0) is 4.74 Å². The van der Waals surface area contributed by atoms with Gasteiger partial charge in [0.2, 0.25) is 0 Å². The molecule has 0 radical (unpaired) electrons. The number of halogens is 2. The minimum atomic E-state index is -1.05. The van der Waals surface area contributed by atoms with Crippen LogP contribution in [0.15, 0.2) is 18.2 Å². The molecule has 0 aliphatic rings. The van der Waals surface area contributed by atoms with Crippen molar-refractivity contribution in [2.45, 2.75) is 19.8 Å². The van der Waals surface area contributed by atoms with E-state index in [1.54, 1.807) is 0 Å². The van der Waals surface area contributed by atoms with Crippen LogP contribution in [0.25, 0.3) is 0 Å². The Kier molecular flexibility index (Phi) is 6.28. The number of carbonyl (C=O) groups is 1. The van der Waals surface area contributed by atoms with E-state index in [4.69, 9.17) is 4.74 Å². The van der Waals surface area contributed by atoms with Crippen molar-refractivity contribution >= 4 is 5.97 Å². The first kappa shape index (κ1) is 14.6. The van der Waals surface area contributed by atoms with Crippen molar-refractivity contribution in [2.75, 3.05) is 19.7 Å². The summed E-state index contributed by atoms with van der Waals surface area (Å²) in [7, 11) is 0. The Morgan fingerprint density at radius 3 is 2.72 bits per heavy atom. The van der Waals surface area contributed by atoms with Gasteiger partial charge in [0, 0.05) is 6.54 Å². The van der Waals surface area contributed by atoms with Crippen molar-refractivity contribution in [3.05, 3.63) is 35.4 Å². The number of rotatable bonds is 7. The molecule has 0 saturated carbocycles. The van der Waals surface area contributed by atoms with Gasteiger partial charge < -0.3 is 10.1 Å². The second kappa shape index (κ2) is 7.76. The largest absolute Gasteiger partial charge is 0.461 e. The molecule has 0 bridgehead atoms. The Hall–Kier alpha value is -1.49. The maximum absolute atomic E-state index is 12.9. The summed E-state index contributed by atoms with van der Waals surface area (Å²) >= 11 is 0. The quantitative estimate of drug-likeness (QED) is 0.602. The molecule has 0 aliphatic heterocycles. The average Bonchev–Trinajstić information content (AvgIpc) is 2.36. The zero-order valence-electron chi connectivity index (χ0n) is 10.3. The van der Waals surface area contributed by atoms with Gasteiger partial charge in [0.1, 0.15) is 6.61 Å². The molecular formula is C13H17F2NO2. The van der Waals surface area contributed by atoms with E-state index in [-0.39, 0.29) is 12.2 Å². The smallest absolute Gasteiger partial charge is 0.338 e. The Labute approximate surface area is 105 Å². The van der Waals surface area contributed by atoms with Gasteiger partial charge in [0.15, 0.2) is 11.6 Å². The highest BCUT2D eigenvalue weighted by molar-refractivity contribution is 5.89. The molecule has 0 aliphatic carbocycles. The molecular weight excluding hydrogens is 240 g/mol. The Balaban J connectivity index is 2.30. The lowest BCUT2D eigenvalue weighted by Gasteiger charge is -2.06. The highest BCUT2D eigenvalue weighted by Crippen LogP contribution is 2.09. The minimum absolute atomic E-state index is 0.0162. The molecule has 0 atom stereocenters. The summed E-state index contributed by atoms with van der Waals surface area (Å²) in [4.78, 5) is 11.5. The summed E-state index contributed by atoms with van der Waals surface area (Å²) in [6, 6.07) is 2.94. The highest BCUT2D eigenvalue weighted by Gasteiger charge is 2.10. The molecule has 1 aromatic carbocycles. The molecule has 0 fully saturated rings. The molecule has 3 nitrogen and oxygen atoms in total. The predicted octanol–water partition coefficient (Wildman–Crippen LogP) is 2.51. The lowest BCUT2D eigenvalue weighted by atomic mass is 10.2. The van der Waals surface area contributed by atoms with Gasteiger partial charge in [0.05, 0.1) is 5.56 Å². The standard InChI is InChI=1S/C13H17F2NO2/c1-2-3-6-16-7-8-18-13(17)10-4-5-11(14)12(15)9-10/h4-5,9,16H,2-3,6-8H2,1H3. The van der Waals surface area contributed by atoms with Gasteiger partial charge in [-0.05, 0) is 31.2 Å². The van der Waals surface area contributed by atoms with Crippen LogP contribution in [0.5, 0.6) is 0 Å². The van der Waals surface area contributed by atoms with E-state index in [0.29, 0.717) is 6.54 Å². The summed E-state index contributed by atoms with van der Waals surface area (Å²) in [5.41, 5.74) is 0.0162. The van der Waals surface area contributed by atoms with Crippen LogP contribution >= 0.6 is 0 Å². The van der Waals surface area contributed by atoms with E-state index >= 15 is 0 Å². The van der Waals surface area contributed by atoms with Crippen molar-refractivity contribution in [1.29, 1.82) is 0 Å². The third kappa shape index (κ3) is 4.79. The molecule has 18 heavy (non-hydrogen) atoms. The summed E-state index contributed by atoms with van der Waals surface area (Å²) in [6.45, 7) is 3.72. The van der Waals surface area contributed by atoms with E-state index in [0.717, 1.165) is 31.5 Å². The number of nitrogens with one attached hydrogen (secondary N) is 1. The monoisotopic (exact) mass is 257 g/mol. The molecule has 1 rings (SSSR count). The molecule has 0 spiro atoms. The molecule has 100 valence electrons. The van der Waals surface area contributed by atoms with Crippen molar-refractivity contribution in [3.8, 4) is 0 Å². The highest BCUT2D eigenvalue weighted by atomic mass is 19.2. The van der Waals surface area contributed by atoms with Gasteiger partial charge in [-0.1, -0.05) is 13.3 Å². The second-order valence-electron chi connectivity index (χ2n) is 3.87. The minimum Gasteiger partial charge on any atom is -0.461 e. The average molecular weight is 257 g/mol. The van der Waals surface area contributed by atoms with E-state index in [2.05, 4.69) is 12.2 Å². The lowest BCUT2D eigenvalue weighted by Crippen LogP contribution is -2.22. The number of carbonyl (C=O) groups excluding carboxylic acids is 1. The van der Waals surface area contributed by atoms with E-state index in [1.807, 2.05) is 0 Å². The number of ether oxygens (including phenoxy) is 1. The van der Waals surface area contributed by atoms with Gasteiger partial charge in [-0.2, -0.15) is 0 Å². The molecule has 0 heterocycles. The number of benzene rings is 1. The lowest BCUT2D eigenvalue weighted by molar-refractivity contribution is 0.0508. The van der Waals surface area contributed by atoms with Crippen molar-refractivity contribution in [1.82, 2.24) is 5.32 Å². The molecule has 1 aromatic rings. The van der Waals surface area contributed by atoms with Crippen molar-refractivity contribution in [2.24, 2.45) is 0 Å². The predicted molar refractivity (Wildman–Crippen MR) is 64.4 cm³/mol. The fraction of sp³-hybridized carbons (Fsp3) is 0.462. The van der Waals surface area contributed by atoms with Crippen LogP contribution in [0.3, 0.4) is 0 Å². The van der Waals surface area contributed by atoms with Gasteiger partial charge >= 0.3 is 5.97 Å². The number of esters is 1. The maximum atomic E-state index is 12.9. The summed E-state index contributed by atoms with van der Waals surface area (Å²) in [6.07, 6.45) is 2.17. The summed E-state index contributed by atoms with van der Waals surface area (Å²) in [5, 5.41) is 3.10. The summed E-state index contributed by atoms with van der Waals surface area (Å²) < 4.78 is 30.4. The third-order valence-corrected chi connectivity index (χ3v) is 2.37. The van der Waals surface area contributed by atoms with E-state index in [1.165, 1.54) is 6.07 Å². The zero-order chi connectivity index (χ0) is 13.4. The van der Waals surface area contributed by atoms with Gasteiger partial charge in [-0.15, -0.1) is 0 Å². The fourth-order valence-corrected chi connectivity index (χ4v) is 1.35. The van der Waals surface area contributed by atoms with Crippen LogP contribution in [0.4, 0.5) is 8.78 Å². The first-order chi connectivity index (χ1) is 8.65. The maximum Gasteiger partial charge on any atom is 0.338 e. The molecule has 0 unspecified atom stereocenters. The Bertz CT molecular complexity index is 397. The van der Waals surface area contributed by atoms with Gasteiger partial charge in [-0.3, -0.25) is 0 Å². The molecule has 0 aromatic heterocycles. The number of hydrogen-bond donors (Lipinski definition) is 1. The molecule has 0 saturated heterocycles. The van der Waals surface area contributed by atoms with E-state index in [9.17, 15) is 13.6 Å². The Morgan fingerprint density at radius 2 is 2.06 bits per heavy atom. The molecule has 5 heteroatoms. The SMILES string of the molecule is CCCCNCCOC(=O)c1ccc(F)c(F)c1. The van der Waals surface area contributed by atoms with E-state index < -0.39 is 17.6 Å². The Morgan fingerprint density at radius 1 is 1.28 bits per heavy atom. The molecule has 0 amide bonds. The van der Waals surface area contributed by atoms with Crippen molar-refractivity contribution in [3.63, 3.8) is 0 Å². The molecule has 1 N–H and O–H groups in total. The van der Waals surface area contributed by atoms with Crippen LogP contribution in [0, 0.1) is 11.6 Å². The van der Waals surface area contributed by atoms with Crippen LogP contribution in [0.1, 0.15) is 30.1 Å². The zero-order valence-corrected chi connectivity index (χ0v) is 10.3. The van der Waals surface area contributed by atoms with Gasteiger partial charge in [0.25, 0.3) is 0 Å². The number of hydrogen-bond acceptors (Lipinski definition) is 3. The van der Waals surface area contributed by atoms with Crippen LogP contribution in [-0.4, -0.2) is 25.7 Å². The fourth-order valence-electron chi connectivity index (χ4n) is 1.35. The van der Waals surface area contributed by atoms with Crippen LogP contribution < -0.4 is 5.32 Å². The second-order valence-corrected chi connectivity index (χ2v) is 3.87. The number of unbranched alkanes of at least 4 members (excludes halogenated alkanes) is 1. The van der Waals surface area contributed by atoms with Gasteiger partial charge in [-0.25, -0.2) is 13.6 Å². The van der Waals surface area contributed by atoms with Crippen molar-refractivity contribution < 1.29 is 18.3 Å². The topological polar surface area (TPSA) is 38.3 Å².